The number of benzene rings is 2. The van der Waals surface area contributed by atoms with Crippen molar-refractivity contribution in [1.82, 2.24) is 9.80 Å². The van der Waals surface area contributed by atoms with Crippen molar-refractivity contribution in [3.05, 3.63) is 65.7 Å². The highest BCUT2D eigenvalue weighted by Gasteiger charge is 2.33. The summed E-state index contributed by atoms with van der Waals surface area (Å²) in [7, 11) is 0. The highest BCUT2D eigenvalue weighted by atomic mass is 15.3. The zero-order valence-corrected chi connectivity index (χ0v) is 17.7. The minimum absolute atomic E-state index is 0.597. The molecule has 154 valence electrons. The highest BCUT2D eigenvalue weighted by molar-refractivity contribution is 5.56. The first-order chi connectivity index (χ1) is 14.3. The van der Waals surface area contributed by atoms with Crippen LogP contribution in [0.5, 0.6) is 0 Å². The summed E-state index contributed by atoms with van der Waals surface area (Å²) < 4.78 is 0. The molecular weight excluding hydrogens is 354 g/mol. The maximum absolute atomic E-state index is 2.78. The summed E-state index contributed by atoms with van der Waals surface area (Å²) in [4.78, 5) is 8.17. The topological polar surface area (TPSA) is 9.72 Å². The van der Waals surface area contributed by atoms with E-state index in [-0.39, 0.29) is 0 Å². The number of nitrogens with zero attached hydrogens (tertiary/aromatic N) is 3. The molecule has 1 unspecified atom stereocenters. The van der Waals surface area contributed by atoms with Crippen LogP contribution in [0.1, 0.15) is 43.2 Å². The maximum Gasteiger partial charge on any atom is 0.0545 e. The number of para-hydroxylation sites is 1. The van der Waals surface area contributed by atoms with Crippen molar-refractivity contribution < 1.29 is 0 Å². The van der Waals surface area contributed by atoms with E-state index in [0.717, 1.165) is 32.1 Å². The predicted octanol–water partition coefficient (Wildman–Crippen LogP) is 4.77. The molecule has 0 N–H and O–H groups in total. The number of rotatable bonds is 4. The molecule has 3 nitrogen and oxygen atoms in total. The van der Waals surface area contributed by atoms with E-state index < -0.39 is 0 Å². The third kappa shape index (κ3) is 4.51. The van der Waals surface area contributed by atoms with Crippen LogP contribution in [0.3, 0.4) is 0 Å². The predicted molar refractivity (Wildman–Crippen MR) is 121 cm³/mol. The number of hydrogen-bond donors (Lipinski definition) is 0. The largest absolute Gasteiger partial charge is 0.364 e. The number of fused-ring (bicyclic) bond motifs is 3. The lowest BCUT2D eigenvalue weighted by Crippen LogP contribution is -2.56. The van der Waals surface area contributed by atoms with Crippen LogP contribution in [0.2, 0.25) is 0 Å². The van der Waals surface area contributed by atoms with Gasteiger partial charge in [-0.05, 0) is 36.0 Å². The Morgan fingerprint density at radius 2 is 1.52 bits per heavy atom. The molecule has 1 aliphatic carbocycles. The summed E-state index contributed by atoms with van der Waals surface area (Å²) in [6, 6.07) is 20.8. The van der Waals surface area contributed by atoms with Crippen molar-refractivity contribution >= 4 is 5.69 Å². The zero-order chi connectivity index (χ0) is 19.5. The third-order valence-corrected chi connectivity index (χ3v) is 7.22. The molecule has 2 fully saturated rings. The van der Waals surface area contributed by atoms with Gasteiger partial charge in [-0.15, -0.1) is 0 Å². The lowest BCUT2D eigenvalue weighted by molar-refractivity contribution is 0.153. The van der Waals surface area contributed by atoms with Crippen molar-refractivity contribution in [2.75, 3.05) is 37.6 Å². The molecule has 0 spiro atoms. The average Bonchev–Trinajstić information content (AvgIpc) is 2.91. The molecule has 3 aliphatic rings. The third-order valence-electron chi connectivity index (χ3n) is 7.22. The fourth-order valence-electron chi connectivity index (χ4n) is 5.78. The molecule has 2 heterocycles. The minimum atomic E-state index is 0.597. The van der Waals surface area contributed by atoms with Crippen LogP contribution in [-0.2, 0) is 13.1 Å². The summed E-state index contributed by atoms with van der Waals surface area (Å²) in [6.07, 6.45) is 7.20. The lowest BCUT2D eigenvalue weighted by atomic mass is 9.89. The SMILES string of the molecule is c1ccc(CN2CCN3c4ccccc4CN(CC4CCCCC4)CC3C2)cc1. The van der Waals surface area contributed by atoms with Gasteiger partial charge in [0.15, 0.2) is 0 Å². The first kappa shape index (κ1) is 19.1. The highest BCUT2D eigenvalue weighted by Crippen LogP contribution is 2.32. The zero-order valence-electron chi connectivity index (χ0n) is 17.7. The Balaban J connectivity index is 1.33. The van der Waals surface area contributed by atoms with Gasteiger partial charge in [0.2, 0.25) is 0 Å². The summed E-state index contributed by atoms with van der Waals surface area (Å²) >= 11 is 0. The van der Waals surface area contributed by atoms with Crippen molar-refractivity contribution in [3.8, 4) is 0 Å². The molecule has 1 saturated heterocycles. The first-order valence-electron chi connectivity index (χ1n) is 11.7. The van der Waals surface area contributed by atoms with Crippen LogP contribution in [-0.4, -0.2) is 48.6 Å². The van der Waals surface area contributed by atoms with Crippen LogP contribution in [0, 0.1) is 5.92 Å². The lowest BCUT2D eigenvalue weighted by Gasteiger charge is -2.43. The molecule has 2 aliphatic heterocycles. The van der Waals surface area contributed by atoms with Crippen LogP contribution in [0.4, 0.5) is 5.69 Å². The van der Waals surface area contributed by atoms with Gasteiger partial charge in [0.05, 0.1) is 6.04 Å². The second-order valence-corrected chi connectivity index (χ2v) is 9.39. The summed E-state index contributed by atoms with van der Waals surface area (Å²) in [5.74, 6) is 0.909. The summed E-state index contributed by atoms with van der Waals surface area (Å²) in [5.41, 5.74) is 4.46. The molecule has 0 bridgehead atoms. The van der Waals surface area contributed by atoms with Crippen molar-refractivity contribution in [3.63, 3.8) is 0 Å². The molecule has 2 aromatic carbocycles. The molecule has 29 heavy (non-hydrogen) atoms. The molecule has 0 radical (unpaired) electrons. The Labute approximate surface area is 176 Å². The Morgan fingerprint density at radius 1 is 0.759 bits per heavy atom. The molecular formula is C26H35N3. The Bertz CT molecular complexity index is 784. The Hall–Kier alpha value is -1.84. The summed E-state index contributed by atoms with van der Waals surface area (Å²) in [6.45, 7) is 8.17. The van der Waals surface area contributed by atoms with Gasteiger partial charge in [-0.2, -0.15) is 0 Å². The molecule has 3 heteroatoms. The maximum atomic E-state index is 2.78. The average molecular weight is 390 g/mol. The molecule has 1 saturated carbocycles. The van der Waals surface area contributed by atoms with Gasteiger partial charge < -0.3 is 4.90 Å². The van der Waals surface area contributed by atoms with Crippen LogP contribution in [0.25, 0.3) is 0 Å². The van der Waals surface area contributed by atoms with E-state index >= 15 is 0 Å². The van der Waals surface area contributed by atoms with E-state index in [2.05, 4.69) is 69.3 Å². The Kier molecular flexibility index (Phi) is 5.87. The van der Waals surface area contributed by atoms with Gasteiger partial charge in [0.1, 0.15) is 0 Å². The van der Waals surface area contributed by atoms with E-state index in [9.17, 15) is 0 Å². The second kappa shape index (κ2) is 8.89. The van der Waals surface area contributed by atoms with E-state index in [1.807, 2.05) is 0 Å². The van der Waals surface area contributed by atoms with Crippen molar-refractivity contribution in [2.24, 2.45) is 5.92 Å². The standard InChI is InChI=1S/C26H35N3/c1-3-9-22(10-4-1)17-27-15-16-29-25(20-27)21-28(18-23-11-5-2-6-12-23)19-24-13-7-8-14-26(24)29/h1,3-4,7-10,13-14,23,25H,2,5-6,11-12,15-21H2. The second-order valence-electron chi connectivity index (χ2n) is 9.39. The van der Waals surface area contributed by atoms with Crippen molar-refractivity contribution in [1.29, 1.82) is 0 Å². The van der Waals surface area contributed by atoms with Crippen molar-refractivity contribution in [2.45, 2.75) is 51.2 Å². The van der Waals surface area contributed by atoms with Crippen LogP contribution < -0.4 is 4.90 Å². The smallest absolute Gasteiger partial charge is 0.0545 e. The molecule has 2 aromatic rings. The van der Waals surface area contributed by atoms with Gasteiger partial charge in [-0.1, -0.05) is 67.8 Å². The monoisotopic (exact) mass is 389 g/mol. The fourth-order valence-corrected chi connectivity index (χ4v) is 5.78. The summed E-state index contributed by atoms with van der Waals surface area (Å²) in [5, 5.41) is 0. The molecule has 0 aromatic heterocycles. The van der Waals surface area contributed by atoms with E-state index in [1.165, 1.54) is 68.6 Å². The molecule has 0 amide bonds. The van der Waals surface area contributed by atoms with Gasteiger partial charge in [-0.25, -0.2) is 0 Å². The fraction of sp³-hybridized carbons (Fsp3) is 0.538. The Morgan fingerprint density at radius 3 is 2.38 bits per heavy atom. The van der Waals surface area contributed by atoms with Crippen LogP contribution in [0.15, 0.2) is 54.6 Å². The van der Waals surface area contributed by atoms with Gasteiger partial charge >= 0.3 is 0 Å². The van der Waals surface area contributed by atoms with Gasteiger partial charge in [0.25, 0.3) is 0 Å². The van der Waals surface area contributed by atoms with E-state index in [1.54, 1.807) is 0 Å². The normalized spacial score (nSPS) is 24.0. The van der Waals surface area contributed by atoms with Gasteiger partial charge in [0, 0.05) is 51.5 Å². The van der Waals surface area contributed by atoms with Gasteiger partial charge in [-0.3, -0.25) is 9.80 Å². The van der Waals surface area contributed by atoms with E-state index in [4.69, 9.17) is 0 Å². The number of anilines is 1. The quantitative estimate of drug-likeness (QED) is 0.745. The number of piperazine rings is 1. The minimum Gasteiger partial charge on any atom is -0.364 e. The number of hydrogen-bond acceptors (Lipinski definition) is 3. The molecule has 1 atom stereocenters. The molecule has 5 rings (SSSR count). The first-order valence-corrected chi connectivity index (χ1v) is 11.7. The van der Waals surface area contributed by atoms with Crippen LogP contribution >= 0.6 is 0 Å². The van der Waals surface area contributed by atoms with E-state index in [0.29, 0.717) is 6.04 Å².